The maximum Gasteiger partial charge on any atom is 0.250 e. The predicted octanol–water partition coefficient (Wildman–Crippen LogP) is 3.10. The third-order valence-electron chi connectivity index (χ3n) is 3.57. The Balaban J connectivity index is 1.75. The lowest BCUT2D eigenvalue weighted by atomic mass is 10.1. The molecule has 1 aliphatic rings. The lowest BCUT2D eigenvalue weighted by Gasteiger charge is -2.06. The molecule has 1 heterocycles. The molecule has 0 unspecified atom stereocenters. The first kappa shape index (κ1) is 16.9. The summed E-state index contributed by atoms with van der Waals surface area (Å²) in [5, 5.41) is 5.33. The van der Waals surface area contributed by atoms with Gasteiger partial charge < -0.3 is 5.32 Å². The molecule has 0 spiro atoms. The van der Waals surface area contributed by atoms with Crippen molar-refractivity contribution in [2.75, 3.05) is 6.54 Å². The summed E-state index contributed by atoms with van der Waals surface area (Å²) in [4.78, 5) is 0. The van der Waals surface area contributed by atoms with E-state index in [2.05, 4.69) is 23.9 Å². The fourth-order valence-electron chi connectivity index (χ4n) is 2.09. The van der Waals surface area contributed by atoms with Gasteiger partial charge in [-0.25, -0.2) is 13.1 Å². The Bertz CT molecular complexity index is 534. The van der Waals surface area contributed by atoms with Gasteiger partial charge in [-0.05, 0) is 42.2 Å². The molecule has 0 radical (unpaired) electrons. The Morgan fingerprint density at radius 2 is 2.10 bits per heavy atom. The van der Waals surface area contributed by atoms with E-state index in [1.54, 1.807) is 6.07 Å². The third kappa shape index (κ3) is 6.06. The summed E-state index contributed by atoms with van der Waals surface area (Å²) in [6.45, 7) is 5.67. The Morgan fingerprint density at radius 3 is 2.76 bits per heavy atom. The van der Waals surface area contributed by atoms with Crippen LogP contribution in [0.25, 0.3) is 0 Å². The molecule has 1 fully saturated rings. The highest BCUT2D eigenvalue weighted by molar-refractivity contribution is 7.91. The van der Waals surface area contributed by atoms with E-state index in [-0.39, 0.29) is 0 Å². The van der Waals surface area contributed by atoms with Gasteiger partial charge in [0.05, 0.1) is 0 Å². The minimum atomic E-state index is -3.32. The van der Waals surface area contributed by atoms with Gasteiger partial charge in [-0.2, -0.15) is 0 Å². The molecule has 0 bridgehead atoms. The molecule has 0 amide bonds. The molecule has 2 N–H and O–H groups in total. The molecule has 6 heteroatoms. The number of hydrogen-bond donors (Lipinski definition) is 2. The lowest BCUT2D eigenvalue weighted by molar-refractivity contribution is 0.531. The molecular weight excluding hydrogens is 304 g/mol. The highest BCUT2D eigenvalue weighted by Gasteiger charge is 2.21. The van der Waals surface area contributed by atoms with E-state index in [4.69, 9.17) is 0 Å². The minimum absolute atomic E-state index is 0.430. The van der Waals surface area contributed by atoms with Gasteiger partial charge in [0.2, 0.25) is 10.0 Å². The van der Waals surface area contributed by atoms with Crippen molar-refractivity contribution in [3.8, 4) is 0 Å². The Labute approximate surface area is 132 Å². The average molecular weight is 331 g/mol. The van der Waals surface area contributed by atoms with Crippen molar-refractivity contribution in [3.63, 3.8) is 0 Å². The summed E-state index contributed by atoms with van der Waals surface area (Å²) in [5.41, 5.74) is 1.06. The fraction of sp³-hybridized carbons (Fsp3) is 0.733. The summed E-state index contributed by atoms with van der Waals surface area (Å²) in [7, 11) is -3.32. The smallest absolute Gasteiger partial charge is 0.250 e. The zero-order chi connectivity index (χ0) is 15.3. The zero-order valence-electron chi connectivity index (χ0n) is 12.9. The predicted molar refractivity (Wildman–Crippen MR) is 88.1 cm³/mol. The molecule has 120 valence electrons. The largest absolute Gasteiger partial charge is 0.310 e. The molecular formula is C15H26N2O2S2. The second-order valence-corrected chi connectivity index (χ2v) is 9.12. The molecule has 1 aromatic rings. The molecule has 1 aliphatic carbocycles. The fourth-order valence-corrected chi connectivity index (χ4v) is 4.42. The molecule has 1 aromatic heterocycles. The van der Waals surface area contributed by atoms with Gasteiger partial charge in [0, 0.05) is 19.1 Å². The van der Waals surface area contributed by atoms with Crippen LogP contribution >= 0.6 is 11.3 Å². The van der Waals surface area contributed by atoms with Gasteiger partial charge >= 0.3 is 0 Å². The van der Waals surface area contributed by atoms with Crippen LogP contribution in [-0.2, 0) is 16.6 Å². The summed E-state index contributed by atoms with van der Waals surface area (Å²) in [6, 6.07) is 2.43. The van der Waals surface area contributed by atoms with Crippen LogP contribution in [0.3, 0.4) is 0 Å². The number of nitrogens with one attached hydrogen (secondary N) is 2. The lowest BCUT2D eigenvalue weighted by Crippen LogP contribution is -2.24. The van der Waals surface area contributed by atoms with Crippen LogP contribution in [0.15, 0.2) is 15.7 Å². The number of hydrogen-bond acceptors (Lipinski definition) is 4. The first-order chi connectivity index (χ1) is 9.97. The van der Waals surface area contributed by atoms with Crippen molar-refractivity contribution < 1.29 is 8.42 Å². The Morgan fingerprint density at radius 1 is 1.33 bits per heavy atom. The average Bonchev–Trinajstić information content (AvgIpc) is 3.11. The number of thiophene rings is 1. The van der Waals surface area contributed by atoms with Crippen molar-refractivity contribution in [1.29, 1.82) is 0 Å². The van der Waals surface area contributed by atoms with Crippen molar-refractivity contribution in [3.05, 3.63) is 17.0 Å². The highest BCUT2D eigenvalue weighted by Crippen LogP contribution is 2.23. The highest BCUT2D eigenvalue weighted by atomic mass is 32.2. The van der Waals surface area contributed by atoms with E-state index in [1.165, 1.54) is 24.2 Å². The number of sulfonamides is 1. The number of rotatable bonds is 10. The van der Waals surface area contributed by atoms with Gasteiger partial charge in [0.15, 0.2) is 0 Å². The van der Waals surface area contributed by atoms with E-state index in [0.717, 1.165) is 31.4 Å². The molecule has 4 nitrogen and oxygen atoms in total. The maximum atomic E-state index is 12.2. The summed E-state index contributed by atoms with van der Waals surface area (Å²) in [5.74, 6) is 0.681. The minimum Gasteiger partial charge on any atom is -0.310 e. The van der Waals surface area contributed by atoms with E-state index < -0.39 is 10.0 Å². The van der Waals surface area contributed by atoms with Crippen LogP contribution in [0, 0.1) is 5.92 Å². The quantitative estimate of drug-likeness (QED) is 0.648. The SMILES string of the molecule is CC(C)CCCCNS(=O)(=O)c1cc(CNC2CC2)cs1. The van der Waals surface area contributed by atoms with Crippen molar-refractivity contribution in [1.82, 2.24) is 10.0 Å². The second kappa shape index (κ2) is 7.72. The Kier molecular flexibility index (Phi) is 6.22. The van der Waals surface area contributed by atoms with E-state index in [1.807, 2.05) is 5.38 Å². The van der Waals surface area contributed by atoms with Crippen molar-refractivity contribution in [2.24, 2.45) is 5.92 Å². The molecule has 1 saturated carbocycles. The van der Waals surface area contributed by atoms with Crippen LogP contribution in [-0.4, -0.2) is 21.0 Å². The van der Waals surface area contributed by atoms with E-state index >= 15 is 0 Å². The van der Waals surface area contributed by atoms with Crippen LogP contribution in [0.4, 0.5) is 0 Å². The summed E-state index contributed by atoms with van der Waals surface area (Å²) >= 11 is 1.31. The topological polar surface area (TPSA) is 58.2 Å². The summed E-state index contributed by atoms with van der Waals surface area (Å²) in [6.07, 6.45) is 5.61. The van der Waals surface area contributed by atoms with Gasteiger partial charge in [-0.15, -0.1) is 11.3 Å². The van der Waals surface area contributed by atoms with Gasteiger partial charge in [0.25, 0.3) is 0 Å². The first-order valence-corrected chi connectivity index (χ1v) is 10.1. The molecule has 2 rings (SSSR count). The van der Waals surface area contributed by atoms with Gasteiger partial charge in [-0.1, -0.05) is 26.7 Å². The van der Waals surface area contributed by atoms with E-state index in [9.17, 15) is 8.42 Å². The van der Waals surface area contributed by atoms with Crippen LogP contribution < -0.4 is 10.0 Å². The first-order valence-electron chi connectivity index (χ1n) is 7.78. The normalized spacial score (nSPS) is 15.8. The maximum absolute atomic E-state index is 12.2. The van der Waals surface area contributed by atoms with Crippen LogP contribution in [0.1, 0.15) is 51.5 Å². The van der Waals surface area contributed by atoms with Crippen molar-refractivity contribution >= 4 is 21.4 Å². The summed E-state index contributed by atoms with van der Waals surface area (Å²) < 4.78 is 27.5. The Hall–Kier alpha value is -0.430. The molecule has 0 atom stereocenters. The molecule has 0 aliphatic heterocycles. The molecule has 0 saturated heterocycles. The van der Waals surface area contributed by atoms with Crippen LogP contribution in [0.5, 0.6) is 0 Å². The monoisotopic (exact) mass is 330 g/mol. The number of unbranched alkanes of at least 4 members (excludes halogenated alkanes) is 1. The van der Waals surface area contributed by atoms with Gasteiger partial charge in [-0.3, -0.25) is 0 Å². The van der Waals surface area contributed by atoms with Gasteiger partial charge in [0.1, 0.15) is 4.21 Å². The van der Waals surface area contributed by atoms with Crippen LogP contribution in [0.2, 0.25) is 0 Å². The van der Waals surface area contributed by atoms with Crippen molar-refractivity contribution in [2.45, 2.75) is 62.7 Å². The second-order valence-electron chi connectivity index (χ2n) is 6.22. The third-order valence-corrected chi connectivity index (χ3v) is 6.52. The molecule has 0 aromatic carbocycles. The standard InChI is InChI=1S/C15H26N2O2S2/c1-12(2)5-3-4-8-17-21(18,19)15-9-13(11-20-15)10-16-14-6-7-14/h9,11-12,14,16-17H,3-8,10H2,1-2H3. The zero-order valence-corrected chi connectivity index (χ0v) is 14.5. The van der Waals surface area contributed by atoms with E-state index in [0.29, 0.717) is 22.7 Å². The molecule has 21 heavy (non-hydrogen) atoms.